The van der Waals surface area contributed by atoms with E-state index in [1.54, 1.807) is 0 Å². The van der Waals surface area contributed by atoms with Crippen LogP contribution >= 0.6 is 0 Å². The Bertz CT molecular complexity index is 4010. The van der Waals surface area contributed by atoms with E-state index in [0.29, 0.717) is 17.6 Å². The van der Waals surface area contributed by atoms with Gasteiger partial charge in [-0.3, -0.25) is 4.57 Å². The van der Waals surface area contributed by atoms with Crippen LogP contribution in [0, 0.1) is 0 Å². The smallest absolute Gasteiger partial charge is 0.238 e. The summed E-state index contributed by atoms with van der Waals surface area (Å²) in [7, 11) is 0. The summed E-state index contributed by atoms with van der Waals surface area (Å²) < 4.78 is 7.07. The molecule has 0 spiro atoms. The molecule has 0 unspecified atom stereocenters. The third kappa shape index (κ3) is 6.30. The molecule has 4 heterocycles. The Balaban J connectivity index is 1.07. The Morgan fingerprint density at radius 1 is 0.217 bits per heavy atom. The summed E-state index contributed by atoms with van der Waals surface area (Å²) >= 11 is 0. The fourth-order valence-corrected chi connectivity index (χ4v) is 10.5. The van der Waals surface area contributed by atoms with E-state index in [9.17, 15) is 0 Å². The average Bonchev–Trinajstić information content (AvgIpc) is 4.06. The lowest BCUT2D eigenvalue weighted by Gasteiger charge is -2.13. The number of hydrogen-bond acceptors (Lipinski definition) is 3. The normalized spacial score (nSPS) is 11.8. The van der Waals surface area contributed by atoms with Gasteiger partial charge in [0.05, 0.1) is 33.1 Å². The van der Waals surface area contributed by atoms with E-state index < -0.39 is 0 Å². The highest BCUT2D eigenvalue weighted by Crippen LogP contribution is 2.41. The standard InChI is InChI=1S/C63H40N6/c1-5-17-41(18-6-1)45-29-33-51-49-25-13-15-27-55(49)67(57(51)37-45)47-31-35-53-54-36-32-48(68-56-28-16-14-26-50(56)52-34-30-46(38-58(52)68)42-19-7-2-8-20-42)40-60(54)69(59(53)39-47)63-65-61(43-21-9-3-10-22-43)64-62(66-63)44-23-11-4-12-24-44/h1-40H. The highest BCUT2D eigenvalue weighted by atomic mass is 15.2. The van der Waals surface area contributed by atoms with Crippen LogP contribution in [0.3, 0.4) is 0 Å². The second-order valence-electron chi connectivity index (χ2n) is 17.7. The first-order chi connectivity index (χ1) is 34.2. The van der Waals surface area contributed by atoms with Gasteiger partial charge in [0, 0.05) is 54.8 Å². The van der Waals surface area contributed by atoms with E-state index in [2.05, 4.69) is 220 Å². The molecule has 6 nitrogen and oxygen atoms in total. The maximum Gasteiger partial charge on any atom is 0.238 e. The molecule has 69 heavy (non-hydrogen) atoms. The van der Waals surface area contributed by atoms with Crippen molar-refractivity contribution in [3.05, 3.63) is 243 Å². The molecule has 0 amide bonds. The predicted molar refractivity (Wildman–Crippen MR) is 285 cm³/mol. The Labute approximate surface area is 397 Å². The van der Waals surface area contributed by atoms with Crippen LogP contribution < -0.4 is 0 Å². The fraction of sp³-hybridized carbons (Fsp3) is 0. The van der Waals surface area contributed by atoms with Crippen molar-refractivity contribution in [2.45, 2.75) is 0 Å². The predicted octanol–water partition coefficient (Wildman–Crippen LogP) is 15.8. The zero-order valence-corrected chi connectivity index (χ0v) is 37.3. The fourth-order valence-electron chi connectivity index (χ4n) is 10.5. The van der Waals surface area contributed by atoms with Gasteiger partial charge in [0.1, 0.15) is 0 Å². The molecule has 14 aromatic rings. The molecule has 0 saturated heterocycles. The highest BCUT2D eigenvalue weighted by molar-refractivity contribution is 6.14. The third-order valence-corrected chi connectivity index (χ3v) is 13.7. The first-order valence-electron chi connectivity index (χ1n) is 23.4. The topological polar surface area (TPSA) is 53.5 Å². The van der Waals surface area contributed by atoms with Crippen molar-refractivity contribution < 1.29 is 0 Å². The summed E-state index contributed by atoms with van der Waals surface area (Å²) in [6.07, 6.45) is 0. The molecule has 0 N–H and O–H groups in total. The molecule has 10 aromatic carbocycles. The van der Waals surface area contributed by atoms with Crippen molar-refractivity contribution >= 4 is 65.4 Å². The molecule has 14 rings (SSSR count). The van der Waals surface area contributed by atoms with Gasteiger partial charge in [0.15, 0.2) is 11.6 Å². The van der Waals surface area contributed by atoms with Gasteiger partial charge in [-0.1, -0.05) is 194 Å². The first kappa shape index (κ1) is 38.8. The van der Waals surface area contributed by atoms with Gasteiger partial charge >= 0.3 is 0 Å². The summed E-state index contributed by atoms with van der Waals surface area (Å²) in [5.74, 6) is 1.75. The lowest BCUT2D eigenvalue weighted by molar-refractivity contribution is 0.952. The minimum Gasteiger partial charge on any atom is -0.309 e. The molecule has 4 aromatic heterocycles. The van der Waals surface area contributed by atoms with E-state index in [4.69, 9.17) is 15.0 Å². The second kappa shape index (κ2) is 15.6. The highest BCUT2D eigenvalue weighted by Gasteiger charge is 2.22. The molecule has 0 aliphatic heterocycles. The number of rotatable bonds is 7. The molecule has 0 aliphatic carbocycles. The number of para-hydroxylation sites is 2. The van der Waals surface area contributed by atoms with Crippen LogP contribution in [0.25, 0.3) is 128 Å². The molecular formula is C63H40N6. The van der Waals surface area contributed by atoms with E-state index in [-0.39, 0.29) is 0 Å². The SMILES string of the molecule is c1ccc(-c2ccc3c4ccccc4n(-c4ccc5c6ccc(-n7c8ccccc8c8ccc(-c9ccccc9)cc87)cc6n(-c6nc(-c7ccccc7)nc(-c7ccccc7)n6)c5c4)c3c2)cc1. The summed E-state index contributed by atoms with van der Waals surface area (Å²) in [6, 6.07) is 86.5. The third-order valence-electron chi connectivity index (χ3n) is 13.7. The molecule has 0 fully saturated rings. The van der Waals surface area contributed by atoms with Gasteiger partial charge in [-0.05, 0) is 70.8 Å². The largest absolute Gasteiger partial charge is 0.309 e. The number of hydrogen-bond donors (Lipinski definition) is 0. The maximum atomic E-state index is 5.37. The van der Waals surface area contributed by atoms with Gasteiger partial charge < -0.3 is 9.13 Å². The molecule has 0 atom stereocenters. The Morgan fingerprint density at radius 2 is 0.551 bits per heavy atom. The maximum absolute atomic E-state index is 5.37. The molecule has 322 valence electrons. The number of nitrogens with zero attached hydrogens (tertiary/aromatic N) is 6. The van der Waals surface area contributed by atoms with Gasteiger partial charge in [-0.15, -0.1) is 0 Å². The van der Waals surface area contributed by atoms with Crippen molar-refractivity contribution in [1.29, 1.82) is 0 Å². The second-order valence-corrected chi connectivity index (χ2v) is 17.7. The molecule has 0 aliphatic rings. The van der Waals surface area contributed by atoms with Gasteiger partial charge in [-0.25, -0.2) is 4.98 Å². The Hall–Kier alpha value is -9.39. The van der Waals surface area contributed by atoms with Crippen LogP contribution in [0.1, 0.15) is 0 Å². The van der Waals surface area contributed by atoms with Gasteiger partial charge in [0.25, 0.3) is 0 Å². The van der Waals surface area contributed by atoms with Crippen molar-refractivity contribution in [3.63, 3.8) is 0 Å². The minimum atomic E-state index is 0.541. The summed E-state index contributed by atoms with van der Waals surface area (Å²) in [5.41, 5.74) is 15.2. The lowest BCUT2D eigenvalue weighted by Crippen LogP contribution is -2.07. The van der Waals surface area contributed by atoms with Gasteiger partial charge in [0.2, 0.25) is 5.95 Å². The monoisotopic (exact) mass is 880 g/mol. The van der Waals surface area contributed by atoms with Gasteiger partial charge in [-0.2, -0.15) is 9.97 Å². The molecule has 0 saturated carbocycles. The minimum absolute atomic E-state index is 0.541. The zero-order valence-electron chi connectivity index (χ0n) is 37.3. The van der Waals surface area contributed by atoms with Crippen molar-refractivity contribution in [1.82, 2.24) is 28.7 Å². The lowest BCUT2D eigenvalue weighted by atomic mass is 10.0. The van der Waals surface area contributed by atoms with Crippen LogP contribution in [0.5, 0.6) is 0 Å². The Kier molecular flexibility index (Phi) is 8.79. The van der Waals surface area contributed by atoms with Crippen molar-refractivity contribution in [2.24, 2.45) is 0 Å². The number of fused-ring (bicyclic) bond motifs is 9. The Morgan fingerprint density at radius 3 is 0.971 bits per heavy atom. The summed E-state index contributed by atoms with van der Waals surface area (Å²) in [4.78, 5) is 15.9. The summed E-state index contributed by atoms with van der Waals surface area (Å²) in [5, 5.41) is 7.02. The van der Waals surface area contributed by atoms with Crippen LogP contribution in [0.2, 0.25) is 0 Å². The van der Waals surface area contributed by atoms with Crippen molar-refractivity contribution in [3.8, 4) is 62.4 Å². The zero-order chi connectivity index (χ0) is 45.4. The quantitative estimate of drug-likeness (QED) is 0.160. The summed E-state index contributed by atoms with van der Waals surface area (Å²) in [6.45, 7) is 0. The molecule has 0 bridgehead atoms. The van der Waals surface area contributed by atoms with E-state index in [1.807, 2.05) is 36.4 Å². The molecular weight excluding hydrogens is 841 g/mol. The molecule has 0 radical (unpaired) electrons. The van der Waals surface area contributed by atoms with E-state index in [1.165, 1.54) is 43.8 Å². The average molecular weight is 881 g/mol. The van der Waals surface area contributed by atoms with E-state index >= 15 is 0 Å². The van der Waals surface area contributed by atoms with Crippen molar-refractivity contribution in [2.75, 3.05) is 0 Å². The van der Waals surface area contributed by atoms with Crippen LogP contribution in [0.15, 0.2) is 243 Å². The molecule has 6 heteroatoms. The van der Waals surface area contributed by atoms with E-state index in [0.717, 1.165) is 66.4 Å². The van der Waals surface area contributed by atoms with Crippen LogP contribution in [-0.4, -0.2) is 28.7 Å². The first-order valence-corrected chi connectivity index (χ1v) is 23.4. The van der Waals surface area contributed by atoms with Crippen LogP contribution in [-0.2, 0) is 0 Å². The number of benzene rings is 10. The number of aromatic nitrogens is 6. The van der Waals surface area contributed by atoms with Crippen LogP contribution in [0.4, 0.5) is 0 Å².